The van der Waals surface area contributed by atoms with E-state index in [1.165, 1.54) is 4.88 Å². The van der Waals surface area contributed by atoms with Crippen molar-refractivity contribution in [1.82, 2.24) is 9.88 Å². The summed E-state index contributed by atoms with van der Waals surface area (Å²) in [5, 5.41) is 3.67. The summed E-state index contributed by atoms with van der Waals surface area (Å²) in [6.45, 7) is 11.4. The van der Waals surface area contributed by atoms with Gasteiger partial charge in [0.05, 0.1) is 5.69 Å². The summed E-state index contributed by atoms with van der Waals surface area (Å²) in [6.07, 6.45) is 0.966. The zero-order valence-electron chi connectivity index (χ0n) is 15.2. The molecule has 134 valence electrons. The maximum Gasteiger partial charge on any atom is 0.257 e. The maximum atomic E-state index is 12.5. The number of carbonyl (C=O) groups excluding carboxylic acids is 1. The Kier molecular flexibility index (Phi) is 5.71. The first-order valence-electron chi connectivity index (χ1n) is 9.01. The Morgan fingerprint density at radius 3 is 2.60 bits per heavy atom. The van der Waals surface area contributed by atoms with Crippen molar-refractivity contribution in [3.05, 3.63) is 40.4 Å². The van der Waals surface area contributed by atoms with Crippen LogP contribution in [0.15, 0.2) is 24.3 Å². The molecule has 2 aromatic rings. The average molecular weight is 359 g/mol. The van der Waals surface area contributed by atoms with Crippen molar-refractivity contribution in [2.45, 2.75) is 33.7 Å². The van der Waals surface area contributed by atoms with Gasteiger partial charge >= 0.3 is 0 Å². The first-order valence-corrected chi connectivity index (χ1v) is 9.83. The fourth-order valence-corrected chi connectivity index (χ4v) is 4.20. The van der Waals surface area contributed by atoms with Crippen LogP contribution in [-0.2, 0) is 13.0 Å². The zero-order chi connectivity index (χ0) is 17.8. The number of carbonyl (C=O) groups is 1. The van der Waals surface area contributed by atoms with E-state index in [-0.39, 0.29) is 5.91 Å². The molecule has 5 nitrogen and oxygen atoms in total. The number of anilines is 2. The van der Waals surface area contributed by atoms with Crippen LogP contribution in [0.1, 0.15) is 41.7 Å². The Hall–Kier alpha value is -1.92. The summed E-state index contributed by atoms with van der Waals surface area (Å²) in [5.41, 5.74) is 2.95. The maximum absolute atomic E-state index is 12.5. The number of hydrogen-bond donors (Lipinski definition) is 1. The van der Waals surface area contributed by atoms with Crippen molar-refractivity contribution in [2.24, 2.45) is 0 Å². The van der Waals surface area contributed by atoms with Crippen molar-refractivity contribution in [2.75, 3.05) is 36.4 Å². The quantitative estimate of drug-likeness (QED) is 0.857. The highest BCUT2D eigenvalue weighted by Gasteiger charge is 2.20. The molecule has 2 heterocycles. The van der Waals surface area contributed by atoms with Gasteiger partial charge in [-0.2, -0.15) is 0 Å². The molecule has 1 aliphatic heterocycles. The van der Waals surface area contributed by atoms with E-state index in [2.05, 4.69) is 40.9 Å². The standard InChI is InChI=1S/C19H26N4OS/c1-4-22-12-11-16-17(13-22)25-19(20-16)21-18(24)14-7-9-15(10-8-14)23(5-2)6-3/h7-10H,4-6,11-13H2,1-3H3,(H,20,21,24). The van der Waals surface area contributed by atoms with E-state index in [9.17, 15) is 4.79 Å². The molecule has 1 aromatic heterocycles. The normalized spacial score (nSPS) is 14.2. The van der Waals surface area contributed by atoms with Crippen molar-refractivity contribution in [1.29, 1.82) is 0 Å². The molecule has 0 atom stereocenters. The molecule has 1 aliphatic rings. The van der Waals surface area contributed by atoms with E-state index < -0.39 is 0 Å². The topological polar surface area (TPSA) is 48.5 Å². The minimum atomic E-state index is -0.0930. The largest absolute Gasteiger partial charge is 0.372 e. The van der Waals surface area contributed by atoms with Crippen molar-refractivity contribution < 1.29 is 4.79 Å². The molecule has 25 heavy (non-hydrogen) atoms. The van der Waals surface area contributed by atoms with Crippen LogP contribution in [0.2, 0.25) is 0 Å². The van der Waals surface area contributed by atoms with Gasteiger partial charge in [-0.25, -0.2) is 4.98 Å². The lowest BCUT2D eigenvalue weighted by Gasteiger charge is -2.23. The molecule has 1 amide bonds. The first-order chi connectivity index (χ1) is 12.1. The third-order valence-electron chi connectivity index (χ3n) is 4.74. The second-order valence-electron chi connectivity index (χ2n) is 6.18. The third kappa shape index (κ3) is 4.02. The SMILES string of the molecule is CCN1CCc2nc(NC(=O)c3ccc(N(CC)CC)cc3)sc2C1. The van der Waals surface area contributed by atoms with Crippen LogP contribution >= 0.6 is 11.3 Å². The first kappa shape index (κ1) is 17.9. The number of nitrogens with one attached hydrogen (secondary N) is 1. The zero-order valence-corrected chi connectivity index (χ0v) is 16.0. The molecule has 0 radical (unpaired) electrons. The smallest absolute Gasteiger partial charge is 0.257 e. The molecular weight excluding hydrogens is 332 g/mol. The lowest BCUT2D eigenvalue weighted by atomic mass is 10.2. The molecule has 0 aliphatic carbocycles. The number of thiazole rings is 1. The van der Waals surface area contributed by atoms with Gasteiger partial charge in [0.15, 0.2) is 5.13 Å². The van der Waals surface area contributed by atoms with E-state index in [1.54, 1.807) is 11.3 Å². The number of amides is 1. The summed E-state index contributed by atoms with van der Waals surface area (Å²) in [4.78, 5) is 23.0. The molecule has 0 spiro atoms. The highest BCUT2D eigenvalue weighted by molar-refractivity contribution is 7.15. The highest BCUT2D eigenvalue weighted by Crippen LogP contribution is 2.28. The monoisotopic (exact) mass is 358 g/mol. The van der Waals surface area contributed by atoms with Gasteiger partial charge in [0, 0.05) is 48.7 Å². The number of fused-ring (bicyclic) bond motifs is 1. The number of nitrogens with zero attached hydrogens (tertiary/aromatic N) is 3. The molecule has 1 aromatic carbocycles. The van der Waals surface area contributed by atoms with Gasteiger partial charge in [-0.1, -0.05) is 6.92 Å². The van der Waals surface area contributed by atoms with E-state index in [0.29, 0.717) is 10.7 Å². The van der Waals surface area contributed by atoms with Crippen LogP contribution < -0.4 is 10.2 Å². The average Bonchev–Trinajstić information content (AvgIpc) is 3.04. The fourth-order valence-electron chi connectivity index (χ4n) is 3.15. The van der Waals surface area contributed by atoms with Crippen LogP contribution in [0.3, 0.4) is 0 Å². The molecule has 6 heteroatoms. The Bertz CT molecular complexity index is 722. The Balaban J connectivity index is 1.67. The molecule has 0 saturated heterocycles. The van der Waals surface area contributed by atoms with Gasteiger partial charge in [-0.15, -0.1) is 11.3 Å². The number of rotatable bonds is 6. The van der Waals surface area contributed by atoms with Gasteiger partial charge in [0.1, 0.15) is 0 Å². The Labute approximate surface area is 153 Å². The van der Waals surface area contributed by atoms with Crippen molar-refractivity contribution >= 4 is 28.1 Å². The molecule has 0 saturated carbocycles. The second kappa shape index (κ2) is 7.97. The second-order valence-corrected chi connectivity index (χ2v) is 7.26. The summed E-state index contributed by atoms with van der Waals surface area (Å²) < 4.78 is 0. The minimum Gasteiger partial charge on any atom is -0.372 e. The van der Waals surface area contributed by atoms with E-state index in [4.69, 9.17) is 0 Å². The predicted molar refractivity (Wildman–Crippen MR) is 105 cm³/mol. The van der Waals surface area contributed by atoms with E-state index in [0.717, 1.165) is 50.5 Å². The Morgan fingerprint density at radius 2 is 1.96 bits per heavy atom. The highest BCUT2D eigenvalue weighted by atomic mass is 32.1. The van der Waals surface area contributed by atoms with Crippen molar-refractivity contribution in [3.63, 3.8) is 0 Å². The lowest BCUT2D eigenvalue weighted by Crippen LogP contribution is -2.29. The molecule has 0 unspecified atom stereocenters. The Morgan fingerprint density at radius 1 is 1.24 bits per heavy atom. The summed E-state index contributed by atoms with van der Waals surface area (Å²) >= 11 is 1.60. The number of hydrogen-bond acceptors (Lipinski definition) is 5. The third-order valence-corrected chi connectivity index (χ3v) is 5.73. The lowest BCUT2D eigenvalue weighted by molar-refractivity contribution is 0.102. The fraction of sp³-hybridized carbons (Fsp3) is 0.474. The van der Waals surface area contributed by atoms with E-state index >= 15 is 0 Å². The van der Waals surface area contributed by atoms with Crippen molar-refractivity contribution in [3.8, 4) is 0 Å². The minimum absolute atomic E-state index is 0.0930. The number of aromatic nitrogens is 1. The van der Waals surface area contributed by atoms with Crippen LogP contribution in [0.25, 0.3) is 0 Å². The van der Waals surface area contributed by atoms with Crippen LogP contribution in [0, 0.1) is 0 Å². The van der Waals surface area contributed by atoms with Gasteiger partial charge in [-0.05, 0) is 44.7 Å². The van der Waals surface area contributed by atoms with Gasteiger partial charge in [-0.3, -0.25) is 15.0 Å². The molecule has 1 N–H and O–H groups in total. The summed E-state index contributed by atoms with van der Waals surface area (Å²) in [7, 11) is 0. The summed E-state index contributed by atoms with van der Waals surface area (Å²) in [5.74, 6) is -0.0930. The van der Waals surface area contributed by atoms with Crippen LogP contribution in [0.5, 0.6) is 0 Å². The molecule has 0 fully saturated rings. The van der Waals surface area contributed by atoms with Gasteiger partial charge in [0.2, 0.25) is 0 Å². The van der Waals surface area contributed by atoms with Crippen LogP contribution in [-0.4, -0.2) is 42.0 Å². The van der Waals surface area contributed by atoms with Gasteiger partial charge in [0.25, 0.3) is 5.91 Å². The molecule has 3 rings (SSSR count). The van der Waals surface area contributed by atoms with Gasteiger partial charge < -0.3 is 4.90 Å². The number of benzene rings is 1. The summed E-state index contributed by atoms with van der Waals surface area (Å²) in [6, 6.07) is 7.78. The number of likely N-dealkylation sites (N-methyl/N-ethyl adjacent to an activating group) is 1. The molecule has 0 bridgehead atoms. The molecular formula is C19H26N4OS. The predicted octanol–water partition coefficient (Wildman–Crippen LogP) is 3.62. The van der Waals surface area contributed by atoms with E-state index in [1.807, 2.05) is 24.3 Å². The van der Waals surface area contributed by atoms with Crippen LogP contribution in [0.4, 0.5) is 10.8 Å².